The predicted octanol–water partition coefficient (Wildman–Crippen LogP) is 5.60. The highest BCUT2D eigenvalue weighted by molar-refractivity contribution is 6.02. The summed E-state index contributed by atoms with van der Waals surface area (Å²) in [5, 5.41) is 0. The van der Waals surface area contributed by atoms with Gasteiger partial charge in [0.1, 0.15) is 0 Å². The highest BCUT2D eigenvalue weighted by atomic mass is 16.1. The molecule has 1 heterocycles. The molecule has 2 nitrogen and oxygen atoms in total. The fourth-order valence-corrected chi connectivity index (χ4v) is 4.25. The SMILES string of the molecule is CCC1C=CC(C)(C(=O)C2=CN(C(C)(C)C)CCC2(C)C)CC1C. The molecule has 0 aromatic rings. The number of hydrogen-bond donors (Lipinski definition) is 0. The highest BCUT2D eigenvalue weighted by Gasteiger charge is 2.44. The molecule has 2 aliphatic rings. The van der Waals surface area contributed by atoms with Crippen LogP contribution < -0.4 is 0 Å². The number of rotatable bonds is 3. The van der Waals surface area contributed by atoms with E-state index in [1.165, 1.54) is 0 Å². The minimum absolute atomic E-state index is 0.0411. The van der Waals surface area contributed by atoms with E-state index in [0.29, 0.717) is 17.6 Å². The van der Waals surface area contributed by atoms with Crippen LogP contribution in [0.15, 0.2) is 23.9 Å². The smallest absolute Gasteiger partial charge is 0.170 e. The van der Waals surface area contributed by atoms with Crippen LogP contribution in [-0.4, -0.2) is 22.8 Å². The van der Waals surface area contributed by atoms with Crippen molar-refractivity contribution >= 4 is 5.78 Å². The molecule has 0 saturated carbocycles. The van der Waals surface area contributed by atoms with Gasteiger partial charge in [0.2, 0.25) is 0 Å². The normalized spacial score (nSPS) is 33.3. The number of carbonyl (C=O) groups excluding carboxylic acids is 1. The highest BCUT2D eigenvalue weighted by Crippen LogP contribution is 2.45. The molecule has 0 amide bonds. The van der Waals surface area contributed by atoms with Crippen molar-refractivity contribution in [3.8, 4) is 0 Å². The van der Waals surface area contributed by atoms with Gasteiger partial charge in [-0.25, -0.2) is 0 Å². The van der Waals surface area contributed by atoms with Crippen LogP contribution in [0.25, 0.3) is 0 Å². The maximum absolute atomic E-state index is 13.6. The van der Waals surface area contributed by atoms with Gasteiger partial charge in [0, 0.05) is 29.3 Å². The van der Waals surface area contributed by atoms with Crippen molar-refractivity contribution in [1.82, 2.24) is 4.90 Å². The van der Waals surface area contributed by atoms with Gasteiger partial charge in [0.05, 0.1) is 0 Å². The predicted molar refractivity (Wildman–Crippen MR) is 103 cm³/mol. The first kappa shape index (κ1) is 19.3. The summed E-state index contributed by atoms with van der Waals surface area (Å²) in [4.78, 5) is 15.9. The Kier molecular flexibility index (Phi) is 5.10. The molecule has 0 aromatic heterocycles. The Morgan fingerprint density at radius 3 is 2.42 bits per heavy atom. The van der Waals surface area contributed by atoms with Gasteiger partial charge in [-0.1, -0.05) is 39.8 Å². The van der Waals surface area contributed by atoms with Gasteiger partial charge in [-0.15, -0.1) is 0 Å². The van der Waals surface area contributed by atoms with E-state index in [1.807, 2.05) is 0 Å². The van der Waals surface area contributed by atoms with Crippen molar-refractivity contribution in [2.45, 2.75) is 80.2 Å². The fourth-order valence-electron chi connectivity index (χ4n) is 4.25. The summed E-state index contributed by atoms with van der Waals surface area (Å²) in [5.41, 5.74) is 0.680. The second kappa shape index (κ2) is 6.35. The van der Waals surface area contributed by atoms with Crippen molar-refractivity contribution in [3.05, 3.63) is 23.9 Å². The lowest BCUT2D eigenvalue weighted by atomic mass is 9.64. The minimum atomic E-state index is -0.352. The van der Waals surface area contributed by atoms with Crippen LogP contribution in [0.3, 0.4) is 0 Å². The number of hydrogen-bond acceptors (Lipinski definition) is 2. The Morgan fingerprint density at radius 1 is 1.29 bits per heavy atom. The van der Waals surface area contributed by atoms with Crippen molar-refractivity contribution < 1.29 is 4.79 Å². The number of allylic oxidation sites excluding steroid dienone is 3. The van der Waals surface area contributed by atoms with E-state index < -0.39 is 0 Å². The van der Waals surface area contributed by atoms with Crippen molar-refractivity contribution in [2.24, 2.45) is 22.7 Å². The zero-order valence-electron chi connectivity index (χ0n) is 17.1. The van der Waals surface area contributed by atoms with E-state index in [9.17, 15) is 4.79 Å². The molecule has 0 aromatic carbocycles. The summed E-state index contributed by atoms with van der Waals surface area (Å²) in [6.07, 6.45) is 9.83. The molecule has 1 aliphatic heterocycles. The topological polar surface area (TPSA) is 20.3 Å². The number of nitrogens with zero attached hydrogens (tertiary/aromatic N) is 1. The quantitative estimate of drug-likeness (QED) is 0.628. The molecule has 2 heteroatoms. The summed E-state index contributed by atoms with van der Waals surface area (Å²) in [7, 11) is 0. The Balaban J connectivity index is 2.37. The zero-order valence-corrected chi connectivity index (χ0v) is 17.1. The van der Waals surface area contributed by atoms with Crippen molar-refractivity contribution in [3.63, 3.8) is 0 Å². The van der Waals surface area contributed by atoms with E-state index in [4.69, 9.17) is 0 Å². The van der Waals surface area contributed by atoms with Crippen LogP contribution in [0.1, 0.15) is 74.7 Å². The monoisotopic (exact) mass is 331 g/mol. The van der Waals surface area contributed by atoms with Crippen LogP contribution in [0.5, 0.6) is 0 Å². The molecule has 2 rings (SSSR count). The Morgan fingerprint density at radius 2 is 1.92 bits per heavy atom. The van der Waals surface area contributed by atoms with Gasteiger partial charge in [-0.3, -0.25) is 4.79 Å². The van der Waals surface area contributed by atoms with Crippen LogP contribution in [-0.2, 0) is 4.79 Å². The van der Waals surface area contributed by atoms with E-state index >= 15 is 0 Å². The van der Waals surface area contributed by atoms with Crippen LogP contribution in [0.2, 0.25) is 0 Å². The first-order valence-corrected chi connectivity index (χ1v) is 9.64. The third-order valence-corrected chi connectivity index (χ3v) is 6.28. The molecule has 0 saturated heterocycles. The molecule has 0 spiro atoms. The van der Waals surface area contributed by atoms with Gasteiger partial charge < -0.3 is 4.90 Å². The lowest BCUT2D eigenvalue weighted by Crippen LogP contribution is -2.46. The Bertz CT molecular complexity index is 549. The molecule has 0 fully saturated rings. The minimum Gasteiger partial charge on any atom is -0.372 e. The second-order valence-corrected chi connectivity index (χ2v) is 9.90. The Hall–Kier alpha value is -1.05. The maximum Gasteiger partial charge on any atom is 0.170 e. The molecule has 0 N–H and O–H groups in total. The van der Waals surface area contributed by atoms with E-state index in [-0.39, 0.29) is 16.4 Å². The summed E-state index contributed by atoms with van der Waals surface area (Å²) in [5.74, 6) is 1.52. The lowest BCUT2D eigenvalue weighted by molar-refractivity contribution is -0.124. The third-order valence-electron chi connectivity index (χ3n) is 6.28. The number of Topliss-reactive ketones (excluding diaryl/α,β-unsaturated/α-hetero) is 1. The van der Waals surface area contributed by atoms with Gasteiger partial charge >= 0.3 is 0 Å². The second-order valence-electron chi connectivity index (χ2n) is 9.90. The van der Waals surface area contributed by atoms with Gasteiger partial charge in [0.15, 0.2) is 5.78 Å². The van der Waals surface area contributed by atoms with Gasteiger partial charge in [-0.2, -0.15) is 0 Å². The summed E-state index contributed by atoms with van der Waals surface area (Å²) in [6.45, 7) is 18.8. The Labute approximate surface area is 149 Å². The zero-order chi connectivity index (χ0) is 18.3. The van der Waals surface area contributed by atoms with Crippen molar-refractivity contribution in [1.29, 1.82) is 0 Å². The average Bonchev–Trinajstić information content (AvgIpc) is 2.45. The van der Waals surface area contributed by atoms with Gasteiger partial charge in [-0.05, 0) is 64.2 Å². The largest absolute Gasteiger partial charge is 0.372 e. The molecule has 3 unspecified atom stereocenters. The molecule has 1 aliphatic carbocycles. The molecule has 0 bridgehead atoms. The van der Waals surface area contributed by atoms with E-state index in [0.717, 1.165) is 31.4 Å². The fraction of sp³-hybridized carbons (Fsp3) is 0.773. The first-order chi connectivity index (χ1) is 10.9. The van der Waals surface area contributed by atoms with E-state index in [1.54, 1.807) is 0 Å². The summed E-state index contributed by atoms with van der Waals surface area (Å²) < 4.78 is 0. The van der Waals surface area contributed by atoms with Crippen molar-refractivity contribution in [2.75, 3.05) is 6.54 Å². The lowest BCUT2D eigenvalue weighted by Gasteiger charge is -2.45. The van der Waals surface area contributed by atoms with Crippen LogP contribution in [0, 0.1) is 22.7 Å². The summed E-state index contributed by atoms with van der Waals surface area (Å²) >= 11 is 0. The van der Waals surface area contributed by atoms with Crippen LogP contribution >= 0.6 is 0 Å². The summed E-state index contributed by atoms with van der Waals surface area (Å²) in [6, 6.07) is 0. The molecule has 136 valence electrons. The molecule has 0 radical (unpaired) electrons. The third kappa shape index (κ3) is 3.63. The maximum atomic E-state index is 13.6. The molecular weight excluding hydrogens is 294 g/mol. The number of carbonyl (C=O) groups is 1. The molecular formula is C22H37NO. The first-order valence-electron chi connectivity index (χ1n) is 9.64. The molecule has 24 heavy (non-hydrogen) atoms. The molecule has 3 atom stereocenters. The van der Waals surface area contributed by atoms with Crippen LogP contribution in [0.4, 0.5) is 0 Å². The average molecular weight is 332 g/mol. The number of ketones is 1. The van der Waals surface area contributed by atoms with Gasteiger partial charge in [0.25, 0.3) is 0 Å². The standard InChI is InChI=1S/C22H37NO/c1-9-17-10-11-22(8,14-16(17)2)19(24)18-15-23(20(3,4)5)13-12-21(18,6)7/h10-11,15-17H,9,12-14H2,1-8H3. The van der Waals surface area contributed by atoms with E-state index in [2.05, 4.69) is 78.6 Å².